The summed E-state index contributed by atoms with van der Waals surface area (Å²) in [6, 6.07) is 0. The first-order chi connectivity index (χ1) is 8.90. The molecule has 102 valence electrons. The van der Waals surface area contributed by atoms with Gasteiger partial charge < -0.3 is 31.4 Å². The van der Waals surface area contributed by atoms with Crippen molar-refractivity contribution < 1.29 is 20.1 Å². The van der Waals surface area contributed by atoms with Gasteiger partial charge in [-0.1, -0.05) is 0 Å². The fourth-order valence-corrected chi connectivity index (χ4v) is 1.58. The molecule has 2 aromatic heterocycles. The molecule has 0 amide bonds. The first kappa shape index (κ1) is 13.0. The molecule has 2 atom stereocenters. The molecule has 0 aromatic carbocycles. The molecule has 10 nitrogen and oxygen atoms in total. The second kappa shape index (κ2) is 4.66. The average molecular weight is 268 g/mol. The van der Waals surface area contributed by atoms with Gasteiger partial charge in [0.1, 0.15) is 11.6 Å². The van der Waals surface area contributed by atoms with Gasteiger partial charge >= 0.3 is 5.97 Å². The van der Waals surface area contributed by atoms with Gasteiger partial charge in [-0.05, 0) is 0 Å². The number of nitrogen functional groups attached to an aromatic ring is 2. The van der Waals surface area contributed by atoms with Crippen LogP contribution in [0.15, 0.2) is 6.33 Å². The summed E-state index contributed by atoms with van der Waals surface area (Å²) in [6.07, 6.45) is -2.13. The summed E-state index contributed by atoms with van der Waals surface area (Å²) in [6.45, 7) is -0.222. The van der Waals surface area contributed by atoms with E-state index in [0.29, 0.717) is 0 Å². The predicted octanol–water partition coefficient (Wildman–Crippen LogP) is -2.20. The van der Waals surface area contributed by atoms with Crippen molar-refractivity contribution >= 4 is 28.9 Å². The number of carboxylic acid groups (broad SMARTS) is 1. The number of aromatic nitrogens is 4. The lowest BCUT2D eigenvalue weighted by Gasteiger charge is -2.14. The minimum atomic E-state index is -1.91. The molecular weight excluding hydrogens is 256 g/mol. The highest BCUT2D eigenvalue weighted by Gasteiger charge is 2.24. The Balaban J connectivity index is 2.34. The number of aliphatic hydroxyl groups excluding tert-OH is 2. The van der Waals surface area contributed by atoms with E-state index in [1.807, 2.05) is 0 Å². The Kier molecular flexibility index (Phi) is 3.19. The summed E-state index contributed by atoms with van der Waals surface area (Å²) in [5.41, 5.74) is 11.6. The van der Waals surface area contributed by atoms with Crippen LogP contribution in [0, 0.1) is 0 Å². The number of carboxylic acids is 1. The fraction of sp³-hybridized carbons (Fsp3) is 0.333. The summed E-state index contributed by atoms with van der Waals surface area (Å²) in [7, 11) is 0. The van der Waals surface area contributed by atoms with Gasteiger partial charge in [0, 0.05) is 0 Å². The van der Waals surface area contributed by atoms with Gasteiger partial charge in [0.05, 0.1) is 12.9 Å². The normalized spacial score (nSPS) is 14.4. The van der Waals surface area contributed by atoms with Crippen molar-refractivity contribution in [2.45, 2.75) is 18.8 Å². The molecule has 10 heteroatoms. The van der Waals surface area contributed by atoms with Gasteiger partial charge in [-0.2, -0.15) is 9.97 Å². The zero-order chi connectivity index (χ0) is 14.2. The molecule has 0 unspecified atom stereocenters. The van der Waals surface area contributed by atoms with Crippen molar-refractivity contribution in [3.63, 3.8) is 0 Å². The molecule has 2 rings (SSSR count). The van der Waals surface area contributed by atoms with Crippen LogP contribution in [0.25, 0.3) is 11.2 Å². The lowest BCUT2D eigenvalue weighted by atomic mass is 10.2. The molecule has 0 fully saturated rings. The maximum Gasteiger partial charge on any atom is 0.335 e. The van der Waals surface area contributed by atoms with E-state index < -0.39 is 18.2 Å². The van der Waals surface area contributed by atoms with Crippen molar-refractivity contribution in [1.82, 2.24) is 19.5 Å². The number of aliphatic carboxylic acids is 1. The number of fused-ring (bicyclic) bond motifs is 1. The van der Waals surface area contributed by atoms with Crippen LogP contribution in [0.3, 0.4) is 0 Å². The fourth-order valence-electron chi connectivity index (χ4n) is 1.58. The van der Waals surface area contributed by atoms with Crippen LogP contribution in [0.2, 0.25) is 0 Å². The lowest BCUT2D eigenvalue weighted by Crippen LogP contribution is -2.36. The van der Waals surface area contributed by atoms with Crippen LogP contribution in [-0.4, -0.2) is 53.0 Å². The highest BCUT2D eigenvalue weighted by molar-refractivity contribution is 5.82. The van der Waals surface area contributed by atoms with E-state index in [0.717, 1.165) is 0 Å². The number of nitrogens with two attached hydrogens (primary N) is 2. The number of anilines is 2. The van der Waals surface area contributed by atoms with E-state index in [4.69, 9.17) is 16.6 Å². The maximum atomic E-state index is 10.5. The number of rotatable bonds is 4. The predicted molar refractivity (Wildman–Crippen MR) is 63.8 cm³/mol. The molecule has 0 saturated heterocycles. The Morgan fingerprint density at radius 3 is 2.68 bits per heavy atom. The Morgan fingerprint density at radius 2 is 2.05 bits per heavy atom. The molecule has 19 heavy (non-hydrogen) atoms. The zero-order valence-corrected chi connectivity index (χ0v) is 9.63. The van der Waals surface area contributed by atoms with Crippen LogP contribution >= 0.6 is 0 Å². The topological polar surface area (TPSA) is 173 Å². The third-order valence-corrected chi connectivity index (χ3v) is 2.51. The van der Waals surface area contributed by atoms with Crippen molar-refractivity contribution in [2.75, 3.05) is 11.5 Å². The molecule has 0 spiro atoms. The van der Waals surface area contributed by atoms with Crippen LogP contribution in [-0.2, 0) is 11.3 Å². The van der Waals surface area contributed by atoms with Crippen molar-refractivity contribution in [3.8, 4) is 0 Å². The van der Waals surface area contributed by atoms with Crippen LogP contribution in [0.1, 0.15) is 0 Å². The van der Waals surface area contributed by atoms with E-state index in [1.54, 1.807) is 0 Å². The van der Waals surface area contributed by atoms with E-state index in [1.165, 1.54) is 10.9 Å². The Morgan fingerprint density at radius 1 is 1.37 bits per heavy atom. The monoisotopic (exact) mass is 268 g/mol. The summed E-state index contributed by atoms with van der Waals surface area (Å²) >= 11 is 0. The standard InChI is InChI=1S/C9H12N6O4/c10-6-4-7(14-9(11)13-6)15(2-12-4)1-3(16)5(17)8(18)19/h2-3,5,16-17H,1H2,(H,18,19)(H4,10,11,13,14)/t3-,5-/m1/s1. The zero-order valence-electron chi connectivity index (χ0n) is 9.63. The molecule has 2 aromatic rings. The molecule has 0 radical (unpaired) electrons. The Hall–Kier alpha value is -2.46. The molecule has 0 saturated carbocycles. The second-order valence-electron chi connectivity index (χ2n) is 3.89. The molecule has 0 bridgehead atoms. The lowest BCUT2D eigenvalue weighted by molar-refractivity contribution is -0.153. The van der Waals surface area contributed by atoms with Gasteiger partial charge in [-0.15, -0.1) is 0 Å². The van der Waals surface area contributed by atoms with E-state index in [9.17, 15) is 15.0 Å². The van der Waals surface area contributed by atoms with Crippen molar-refractivity contribution in [3.05, 3.63) is 6.33 Å². The van der Waals surface area contributed by atoms with Gasteiger partial charge in [0.2, 0.25) is 5.95 Å². The molecule has 0 aliphatic carbocycles. The number of nitrogens with zero attached hydrogens (tertiary/aromatic N) is 4. The second-order valence-corrected chi connectivity index (χ2v) is 3.89. The maximum absolute atomic E-state index is 10.5. The van der Waals surface area contributed by atoms with Crippen molar-refractivity contribution in [1.29, 1.82) is 0 Å². The first-order valence-corrected chi connectivity index (χ1v) is 5.23. The first-order valence-electron chi connectivity index (χ1n) is 5.23. The highest BCUT2D eigenvalue weighted by Crippen LogP contribution is 2.17. The number of hydrogen-bond acceptors (Lipinski definition) is 8. The quantitative estimate of drug-likeness (QED) is 0.412. The van der Waals surface area contributed by atoms with E-state index in [-0.39, 0.29) is 29.5 Å². The SMILES string of the molecule is Nc1nc(N)c2ncn(C[C@@H](O)[C@@H](O)C(=O)O)c2n1. The minimum absolute atomic E-state index is 0.0694. The molecular formula is C9H12N6O4. The number of aliphatic hydroxyl groups is 2. The van der Waals surface area contributed by atoms with E-state index in [2.05, 4.69) is 15.0 Å². The summed E-state index contributed by atoms with van der Waals surface area (Å²) in [4.78, 5) is 22.1. The minimum Gasteiger partial charge on any atom is -0.479 e. The average Bonchev–Trinajstić information content (AvgIpc) is 2.71. The van der Waals surface area contributed by atoms with Crippen LogP contribution in [0.4, 0.5) is 11.8 Å². The van der Waals surface area contributed by atoms with Gasteiger partial charge in [-0.25, -0.2) is 9.78 Å². The Bertz CT molecular complexity index is 626. The van der Waals surface area contributed by atoms with Gasteiger partial charge in [-0.3, -0.25) is 0 Å². The smallest absolute Gasteiger partial charge is 0.335 e. The Labute approximate surface area is 106 Å². The highest BCUT2D eigenvalue weighted by atomic mass is 16.4. The summed E-state index contributed by atoms with van der Waals surface area (Å²) < 4.78 is 1.33. The van der Waals surface area contributed by atoms with Gasteiger partial charge in [0.25, 0.3) is 0 Å². The number of hydrogen-bond donors (Lipinski definition) is 5. The summed E-state index contributed by atoms with van der Waals surface area (Å²) in [5, 5.41) is 27.4. The van der Waals surface area contributed by atoms with Crippen LogP contribution in [0.5, 0.6) is 0 Å². The third kappa shape index (κ3) is 2.39. The third-order valence-electron chi connectivity index (χ3n) is 2.51. The number of imidazole rings is 1. The number of carbonyl (C=O) groups is 1. The molecule has 0 aliphatic rings. The summed E-state index contributed by atoms with van der Waals surface area (Å²) in [5.74, 6) is -1.51. The molecule has 0 aliphatic heterocycles. The largest absolute Gasteiger partial charge is 0.479 e. The van der Waals surface area contributed by atoms with Gasteiger partial charge in [0.15, 0.2) is 17.6 Å². The molecule has 7 N–H and O–H groups in total. The van der Waals surface area contributed by atoms with Crippen molar-refractivity contribution in [2.24, 2.45) is 0 Å². The van der Waals surface area contributed by atoms with E-state index >= 15 is 0 Å². The van der Waals surface area contributed by atoms with Crippen LogP contribution < -0.4 is 11.5 Å². The molecule has 2 heterocycles.